The second kappa shape index (κ2) is 6.06. The number of benzene rings is 1. The highest BCUT2D eigenvalue weighted by Gasteiger charge is 2.49. The normalized spacial score (nSPS) is 29.6. The predicted octanol–water partition coefficient (Wildman–Crippen LogP) is 2.42. The van der Waals surface area contributed by atoms with Crippen molar-refractivity contribution in [3.63, 3.8) is 0 Å². The van der Waals surface area contributed by atoms with Crippen LogP contribution in [0.4, 0.5) is 0 Å². The molecule has 3 N–H and O–H groups in total. The molecule has 1 aromatic carbocycles. The van der Waals surface area contributed by atoms with E-state index in [1.165, 1.54) is 6.42 Å². The minimum absolute atomic E-state index is 0.0111. The number of rotatable bonds is 4. The van der Waals surface area contributed by atoms with Gasteiger partial charge in [0, 0.05) is 24.1 Å². The highest BCUT2D eigenvalue weighted by atomic mass is 16.2. The molecule has 0 aliphatic heterocycles. The van der Waals surface area contributed by atoms with Crippen LogP contribution in [0.2, 0.25) is 0 Å². The van der Waals surface area contributed by atoms with Gasteiger partial charge in [0.25, 0.3) is 0 Å². The number of carbonyl (C=O) groups is 1. The summed E-state index contributed by atoms with van der Waals surface area (Å²) in [7, 11) is 0. The highest BCUT2D eigenvalue weighted by molar-refractivity contribution is 5.80. The molecule has 0 saturated heterocycles. The fraction of sp³-hybridized carbons (Fsp3) is 0.474. The zero-order valence-electron chi connectivity index (χ0n) is 13.9. The molecule has 2 fully saturated rings. The molecular weight excluding hydrogens is 300 g/mol. The second-order valence-corrected chi connectivity index (χ2v) is 7.23. The van der Waals surface area contributed by atoms with Gasteiger partial charge < -0.3 is 15.6 Å². The third-order valence-corrected chi connectivity index (χ3v) is 5.81. The van der Waals surface area contributed by atoms with Gasteiger partial charge in [-0.3, -0.25) is 4.79 Å². The summed E-state index contributed by atoms with van der Waals surface area (Å²) < 4.78 is 1.96. The Morgan fingerprint density at radius 2 is 2.21 bits per heavy atom. The standard InChI is InChI=1S/C19H24N4O/c1-12(13-3-2-4-16(10-13)23-8-7-21-11-23)22-19(24)17-14-5-6-15(9-14)18(17)20/h2-4,7-8,10-12,14-15,17-18H,5-6,9,20H2,1H3,(H,22,24). The number of hydrogen-bond acceptors (Lipinski definition) is 3. The molecule has 5 heteroatoms. The van der Waals surface area contributed by atoms with E-state index in [4.69, 9.17) is 5.73 Å². The summed E-state index contributed by atoms with van der Waals surface area (Å²) in [5, 5.41) is 3.18. The molecule has 126 valence electrons. The van der Waals surface area contributed by atoms with Gasteiger partial charge in [0.15, 0.2) is 0 Å². The van der Waals surface area contributed by atoms with Crippen LogP contribution in [0.15, 0.2) is 43.0 Å². The number of imidazole rings is 1. The van der Waals surface area contributed by atoms with Crippen LogP contribution in [-0.4, -0.2) is 21.5 Å². The Morgan fingerprint density at radius 1 is 1.38 bits per heavy atom. The number of fused-ring (bicyclic) bond motifs is 2. The number of nitrogens with zero attached hydrogens (tertiary/aromatic N) is 2. The number of nitrogens with two attached hydrogens (primary N) is 1. The zero-order valence-corrected chi connectivity index (χ0v) is 13.9. The molecule has 2 bridgehead atoms. The summed E-state index contributed by atoms with van der Waals surface area (Å²) in [5.41, 5.74) is 8.43. The molecule has 24 heavy (non-hydrogen) atoms. The van der Waals surface area contributed by atoms with E-state index in [2.05, 4.69) is 16.4 Å². The molecule has 2 aromatic rings. The van der Waals surface area contributed by atoms with E-state index in [1.807, 2.05) is 35.9 Å². The van der Waals surface area contributed by atoms with E-state index >= 15 is 0 Å². The zero-order chi connectivity index (χ0) is 16.7. The Hall–Kier alpha value is -2.14. The van der Waals surface area contributed by atoms with Crippen molar-refractivity contribution in [3.8, 4) is 5.69 Å². The van der Waals surface area contributed by atoms with Crippen LogP contribution in [0.25, 0.3) is 5.69 Å². The van der Waals surface area contributed by atoms with Gasteiger partial charge in [-0.25, -0.2) is 4.98 Å². The largest absolute Gasteiger partial charge is 0.349 e. The van der Waals surface area contributed by atoms with Gasteiger partial charge in [0.1, 0.15) is 0 Å². The third-order valence-electron chi connectivity index (χ3n) is 5.81. The summed E-state index contributed by atoms with van der Waals surface area (Å²) >= 11 is 0. The summed E-state index contributed by atoms with van der Waals surface area (Å²) in [6.07, 6.45) is 8.92. The van der Waals surface area contributed by atoms with Crippen molar-refractivity contribution in [2.75, 3.05) is 0 Å². The van der Waals surface area contributed by atoms with Crippen LogP contribution < -0.4 is 11.1 Å². The molecule has 0 radical (unpaired) electrons. The van der Waals surface area contributed by atoms with Crippen LogP contribution >= 0.6 is 0 Å². The molecular formula is C19H24N4O. The van der Waals surface area contributed by atoms with Gasteiger partial charge in [-0.05, 0) is 55.7 Å². The summed E-state index contributed by atoms with van der Waals surface area (Å²) in [6, 6.07) is 8.18. The Labute approximate surface area is 142 Å². The maximum Gasteiger partial charge on any atom is 0.225 e. The summed E-state index contributed by atoms with van der Waals surface area (Å²) in [4.78, 5) is 16.8. The first kappa shape index (κ1) is 15.4. The lowest BCUT2D eigenvalue weighted by Gasteiger charge is -2.28. The topological polar surface area (TPSA) is 72.9 Å². The van der Waals surface area contributed by atoms with E-state index in [0.717, 1.165) is 24.1 Å². The van der Waals surface area contributed by atoms with Gasteiger partial charge in [-0.2, -0.15) is 0 Å². The molecule has 4 rings (SSSR count). The maximum atomic E-state index is 12.7. The van der Waals surface area contributed by atoms with Gasteiger partial charge in [-0.1, -0.05) is 12.1 Å². The SMILES string of the molecule is CC(NC(=O)C1C2CCC(C2)C1N)c1cccc(-n2ccnc2)c1. The first-order valence-corrected chi connectivity index (χ1v) is 8.77. The lowest BCUT2D eigenvalue weighted by molar-refractivity contribution is -0.127. The van der Waals surface area contributed by atoms with E-state index in [1.54, 1.807) is 12.5 Å². The van der Waals surface area contributed by atoms with Crippen molar-refractivity contribution in [2.24, 2.45) is 23.5 Å². The molecule has 1 aromatic heterocycles. The number of carbonyl (C=O) groups excluding carboxylic acids is 1. The minimum Gasteiger partial charge on any atom is -0.349 e. The lowest BCUT2D eigenvalue weighted by Crippen LogP contribution is -2.45. The van der Waals surface area contributed by atoms with Crippen molar-refractivity contribution in [3.05, 3.63) is 48.5 Å². The molecule has 5 unspecified atom stereocenters. The monoisotopic (exact) mass is 324 g/mol. The Balaban J connectivity index is 1.47. The van der Waals surface area contributed by atoms with Crippen molar-refractivity contribution < 1.29 is 4.79 Å². The molecule has 0 spiro atoms. The van der Waals surface area contributed by atoms with Crippen LogP contribution in [0.3, 0.4) is 0 Å². The van der Waals surface area contributed by atoms with E-state index in [-0.39, 0.29) is 23.9 Å². The molecule has 2 aliphatic carbocycles. The minimum atomic E-state index is -0.0349. The number of aromatic nitrogens is 2. The summed E-state index contributed by atoms with van der Waals surface area (Å²) in [5.74, 6) is 1.14. The molecule has 2 aliphatic rings. The summed E-state index contributed by atoms with van der Waals surface area (Å²) in [6.45, 7) is 2.03. The van der Waals surface area contributed by atoms with E-state index < -0.39 is 0 Å². The molecule has 1 amide bonds. The van der Waals surface area contributed by atoms with Gasteiger partial charge in [-0.15, -0.1) is 0 Å². The average Bonchev–Trinajstić information content (AvgIpc) is 3.32. The number of nitrogens with one attached hydrogen (secondary N) is 1. The first-order chi connectivity index (χ1) is 11.6. The van der Waals surface area contributed by atoms with Crippen molar-refractivity contribution in [2.45, 2.75) is 38.3 Å². The Bertz CT molecular complexity index is 725. The first-order valence-electron chi connectivity index (χ1n) is 8.77. The van der Waals surface area contributed by atoms with Crippen molar-refractivity contribution in [1.82, 2.24) is 14.9 Å². The molecule has 5 atom stereocenters. The Kier molecular flexibility index (Phi) is 3.88. The van der Waals surface area contributed by atoms with Crippen LogP contribution in [0, 0.1) is 17.8 Å². The molecule has 2 saturated carbocycles. The van der Waals surface area contributed by atoms with Crippen LogP contribution in [-0.2, 0) is 4.79 Å². The van der Waals surface area contributed by atoms with Gasteiger partial charge >= 0.3 is 0 Å². The fourth-order valence-electron chi connectivity index (χ4n) is 4.48. The molecule has 5 nitrogen and oxygen atoms in total. The van der Waals surface area contributed by atoms with Crippen molar-refractivity contribution >= 4 is 5.91 Å². The van der Waals surface area contributed by atoms with Crippen LogP contribution in [0.1, 0.15) is 37.8 Å². The second-order valence-electron chi connectivity index (χ2n) is 7.23. The number of hydrogen-bond donors (Lipinski definition) is 2. The lowest BCUT2D eigenvalue weighted by atomic mass is 9.84. The van der Waals surface area contributed by atoms with Gasteiger partial charge in [0.05, 0.1) is 18.3 Å². The maximum absolute atomic E-state index is 12.7. The van der Waals surface area contributed by atoms with Gasteiger partial charge in [0.2, 0.25) is 5.91 Å². The Morgan fingerprint density at radius 3 is 2.92 bits per heavy atom. The van der Waals surface area contributed by atoms with Crippen molar-refractivity contribution in [1.29, 1.82) is 0 Å². The predicted molar refractivity (Wildman–Crippen MR) is 92.4 cm³/mol. The molecule has 1 heterocycles. The number of amides is 1. The van der Waals surface area contributed by atoms with E-state index in [9.17, 15) is 4.79 Å². The smallest absolute Gasteiger partial charge is 0.225 e. The van der Waals surface area contributed by atoms with E-state index in [0.29, 0.717) is 11.8 Å². The third kappa shape index (κ3) is 2.63. The average molecular weight is 324 g/mol. The highest BCUT2D eigenvalue weighted by Crippen LogP contribution is 2.47. The fourth-order valence-corrected chi connectivity index (χ4v) is 4.48. The quantitative estimate of drug-likeness (QED) is 0.907. The van der Waals surface area contributed by atoms with Crippen LogP contribution in [0.5, 0.6) is 0 Å².